The van der Waals surface area contributed by atoms with Gasteiger partial charge in [-0.3, -0.25) is 24.7 Å². The van der Waals surface area contributed by atoms with Gasteiger partial charge in [0.05, 0.1) is 17.1 Å². The summed E-state index contributed by atoms with van der Waals surface area (Å²) in [6.45, 7) is 7.86. The predicted octanol–water partition coefficient (Wildman–Crippen LogP) is 6.46. The molecule has 1 aliphatic carbocycles. The highest BCUT2D eigenvalue weighted by Crippen LogP contribution is 2.32. The van der Waals surface area contributed by atoms with Gasteiger partial charge in [0.15, 0.2) is 0 Å². The minimum absolute atomic E-state index is 0.170. The highest BCUT2D eigenvalue weighted by molar-refractivity contribution is 6.32. The molecular weight excluding hydrogens is 720 g/mol. The predicted molar refractivity (Wildman–Crippen MR) is 218 cm³/mol. The van der Waals surface area contributed by atoms with Crippen molar-refractivity contribution in [1.29, 1.82) is 5.26 Å². The van der Waals surface area contributed by atoms with E-state index in [1.807, 2.05) is 32.0 Å². The molecule has 3 aromatic rings. The maximum Gasteiger partial charge on any atom is 0.255 e. The molecule has 4 aliphatic rings. The number of halogens is 1. The quantitative estimate of drug-likeness (QED) is 0.161. The summed E-state index contributed by atoms with van der Waals surface area (Å²) >= 11 is 6.20. The average Bonchev–Trinajstić information content (AvgIpc) is 3.51. The lowest BCUT2D eigenvalue weighted by atomic mass is 9.81. The summed E-state index contributed by atoms with van der Waals surface area (Å²) in [5.41, 5.74) is 14.3. The van der Waals surface area contributed by atoms with Gasteiger partial charge < -0.3 is 15.5 Å². The third-order valence-electron chi connectivity index (χ3n) is 11.5. The van der Waals surface area contributed by atoms with Crippen molar-refractivity contribution in [1.82, 2.24) is 15.1 Å². The Morgan fingerprint density at radius 1 is 0.911 bits per heavy atom. The van der Waals surface area contributed by atoms with Crippen LogP contribution in [-0.2, 0) is 22.7 Å². The molecule has 1 saturated carbocycles. The summed E-state index contributed by atoms with van der Waals surface area (Å²) < 4.78 is 0. The molecule has 3 aliphatic heterocycles. The third kappa shape index (κ3) is 8.90. The number of carbonyl (C=O) groups is 3. The molecule has 1 unspecified atom stereocenters. The molecule has 56 heavy (non-hydrogen) atoms. The number of amides is 3. The molecule has 0 bridgehead atoms. The third-order valence-corrected chi connectivity index (χ3v) is 11.8. The van der Waals surface area contributed by atoms with Crippen LogP contribution in [0.25, 0.3) is 5.70 Å². The first-order chi connectivity index (χ1) is 27.0. The Hall–Kier alpha value is -5.66. The molecule has 284 valence electrons. The van der Waals surface area contributed by atoms with Crippen molar-refractivity contribution < 1.29 is 14.4 Å². The monoisotopic (exact) mass is 764 g/mol. The maximum absolute atomic E-state index is 13.1. The fourth-order valence-electron chi connectivity index (χ4n) is 7.87. The second-order valence-corrected chi connectivity index (χ2v) is 15.8. The molecule has 3 fully saturated rings. The molecule has 0 aromatic heterocycles. The fraction of sp³-hybridized carbons (Fsp3) is 0.370. The number of aliphatic imine (C=N–C) groups is 1. The normalized spacial score (nSPS) is 21.8. The number of nitrogens with zero attached hydrogens (tertiary/aromatic N) is 4. The molecular formula is C46H45ClN6O3. The Morgan fingerprint density at radius 2 is 1.62 bits per heavy atom. The van der Waals surface area contributed by atoms with Crippen LogP contribution >= 0.6 is 11.6 Å². The highest BCUT2D eigenvalue weighted by Gasteiger charge is 2.39. The molecule has 10 heteroatoms. The number of fused-ring (bicyclic) bond motifs is 1. The molecule has 0 radical (unpaired) electrons. The molecule has 1 atom stereocenters. The Bertz CT molecular complexity index is 2290. The van der Waals surface area contributed by atoms with E-state index in [2.05, 4.69) is 64.2 Å². The summed E-state index contributed by atoms with van der Waals surface area (Å²) in [4.78, 5) is 45.9. The molecule has 3 amide bonds. The molecule has 7 rings (SSSR count). The van der Waals surface area contributed by atoms with E-state index in [1.165, 1.54) is 12.8 Å². The van der Waals surface area contributed by atoms with Gasteiger partial charge in [0.2, 0.25) is 11.8 Å². The number of benzene rings is 3. The standard InChI is InChI=1S/C46H45ClN6O3/c1-29(44(49)37-17-18-38(23-48)41(47)22-37)30(2)50-24-34-10-5-31(6-11-34)3-4-32-7-12-35(13-8-32)25-52-26-36(27-52)14-9-33-15-16-39-28-53(46(56)40(39)21-33)42-19-20-43(54)51-45(42)55/h5-6,10-11,15-18,21-22,32,35-36,42H,7-8,12-13,19-20,24-28,49H2,1-2H3,(H,51,54,55)/b44-29-,50-30?. The number of imide groups is 1. The minimum atomic E-state index is -0.609. The first-order valence-electron chi connectivity index (χ1n) is 19.3. The highest BCUT2D eigenvalue weighted by atomic mass is 35.5. The fourth-order valence-corrected chi connectivity index (χ4v) is 8.10. The number of piperidine rings is 1. The average molecular weight is 765 g/mol. The van der Waals surface area contributed by atoms with Crippen LogP contribution in [0.3, 0.4) is 0 Å². The van der Waals surface area contributed by atoms with Gasteiger partial charge in [0.1, 0.15) is 12.1 Å². The lowest BCUT2D eigenvalue weighted by Gasteiger charge is -2.40. The van der Waals surface area contributed by atoms with Crippen molar-refractivity contribution in [3.63, 3.8) is 0 Å². The largest absolute Gasteiger partial charge is 0.398 e. The van der Waals surface area contributed by atoms with Crippen molar-refractivity contribution >= 4 is 40.7 Å². The van der Waals surface area contributed by atoms with Gasteiger partial charge in [-0.15, -0.1) is 0 Å². The van der Waals surface area contributed by atoms with E-state index in [4.69, 9.17) is 27.6 Å². The number of nitrogens with two attached hydrogens (primary N) is 1. The van der Waals surface area contributed by atoms with E-state index in [1.54, 1.807) is 23.1 Å². The van der Waals surface area contributed by atoms with E-state index >= 15 is 0 Å². The van der Waals surface area contributed by atoms with Crippen molar-refractivity contribution in [2.24, 2.45) is 28.5 Å². The van der Waals surface area contributed by atoms with Crippen molar-refractivity contribution in [3.8, 4) is 29.8 Å². The van der Waals surface area contributed by atoms with Crippen LogP contribution in [0, 0.1) is 52.8 Å². The first kappa shape index (κ1) is 38.6. The van der Waals surface area contributed by atoms with Crippen LogP contribution in [0.5, 0.6) is 0 Å². The van der Waals surface area contributed by atoms with Gasteiger partial charge >= 0.3 is 0 Å². The number of rotatable bonds is 7. The summed E-state index contributed by atoms with van der Waals surface area (Å²) in [5, 5.41) is 11.9. The molecule has 3 aromatic carbocycles. The summed E-state index contributed by atoms with van der Waals surface area (Å²) in [5.74, 6) is 14.2. The number of nitrogens with one attached hydrogen (secondary N) is 1. The van der Waals surface area contributed by atoms with Gasteiger partial charge in [0, 0.05) is 72.5 Å². The van der Waals surface area contributed by atoms with E-state index in [9.17, 15) is 14.4 Å². The molecule has 3 heterocycles. The number of carbonyl (C=O) groups excluding carboxylic acids is 3. The van der Waals surface area contributed by atoms with Crippen LogP contribution in [0.2, 0.25) is 5.02 Å². The zero-order valence-electron chi connectivity index (χ0n) is 31.8. The number of hydrogen-bond donors (Lipinski definition) is 2. The van der Waals surface area contributed by atoms with Gasteiger partial charge in [-0.2, -0.15) is 5.26 Å². The van der Waals surface area contributed by atoms with Crippen LogP contribution in [0.1, 0.15) is 96.1 Å². The number of nitriles is 1. The van der Waals surface area contributed by atoms with Gasteiger partial charge in [-0.1, -0.05) is 59.5 Å². The maximum atomic E-state index is 13.1. The lowest BCUT2D eigenvalue weighted by molar-refractivity contribution is -0.136. The van der Waals surface area contributed by atoms with Crippen LogP contribution in [0.15, 0.2) is 71.2 Å². The van der Waals surface area contributed by atoms with Gasteiger partial charge in [-0.05, 0) is 111 Å². The van der Waals surface area contributed by atoms with E-state index in [-0.39, 0.29) is 18.2 Å². The number of hydrogen-bond acceptors (Lipinski definition) is 7. The molecule has 3 N–H and O–H groups in total. The van der Waals surface area contributed by atoms with Crippen molar-refractivity contribution in [2.75, 3.05) is 19.6 Å². The Balaban J connectivity index is 0.826. The minimum Gasteiger partial charge on any atom is -0.398 e. The van der Waals surface area contributed by atoms with Crippen molar-refractivity contribution in [3.05, 3.63) is 110 Å². The van der Waals surface area contributed by atoms with Gasteiger partial charge in [-0.25, -0.2) is 0 Å². The number of allylic oxidation sites excluding steroid dienone is 1. The smallest absolute Gasteiger partial charge is 0.255 e. The Kier molecular flexibility index (Phi) is 11.7. The zero-order chi connectivity index (χ0) is 39.3. The SMILES string of the molecule is CC(=NCc1ccc(C#CC2CCC(CN3CC(C#Cc4ccc5c(c4)C(=O)N(C4CCC(=O)NC4=O)C5)C3)CC2)cc1)/C(C)=C(\N)c1ccc(C#N)c(Cl)c1. The Labute approximate surface area is 334 Å². The summed E-state index contributed by atoms with van der Waals surface area (Å²) in [7, 11) is 0. The zero-order valence-corrected chi connectivity index (χ0v) is 32.6. The number of likely N-dealkylation sites (tertiary alicyclic amines) is 1. The van der Waals surface area contributed by atoms with Crippen LogP contribution < -0.4 is 11.1 Å². The Morgan fingerprint density at radius 3 is 2.34 bits per heavy atom. The second-order valence-electron chi connectivity index (χ2n) is 15.4. The van der Waals surface area contributed by atoms with Crippen LogP contribution in [0.4, 0.5) is 0 Å². The summed E-state index contributed by atoms with van der Waals surface area (Å²) in [6, 6.07) is 20.7. The van der Waals surface area contributed by atoms with Crippen molar-refractivity contribution in [2.45, 2.75) is 71.5 Å². The van der Waals surface area contributed by atoms with Crippen LogP contribution in [-0.4, -0.2) is 58.9 Å². The molecule has 9 nitrogen and oxygen atoms in total. The molecule has 0 spiro atoms. The lowest BCUT2D eigenvalue weighted by Crippen LogP contribution is -2.52. The first-order valence-corrected chi connectivity index (χ1v) is 19.7. The van der Waals surface area contributed by atoms with E-state index < -0.39 is 11.9 Å². The van der Waals surface area contributed by atoms with E-state index in [0.717, 1.165) is 71.6 Å². The molecule has 2 saturated heterocycles. The summed E-state index contributed by atoms with van der Waals surface area (Å²) in [6.07, 6.45) is 5.24. The topological polar surface area (TPSA) is 132 Å². The second kappa shape index (κ2) is 17.0. The van der Waals surface area contributed by atoms with Gasteiger partial charge in [0.25, 0.3) is 5.91 Å². The van der Waals surface area contributed by atoms with E-state index in [0.29, 0.717) is 59.1 Å².